The quantitative estimate of drug-likeness (QED) is 0.843. The number of anilines is 1. The molecule has 1 heterocycles. The summed E-state index contributed by atoms with van der Waals surface area (Å²) in [5.41, 5.74) is 6.33. The van der Waals surface area contributed by atoms with Gasteiger partial charge < -0.3 is 15.8 Å². The highest BCUT2D eigenvalue weighted by atomic mass is 16.5. The van der Waals surface area contributed by atoms with E-state index in [4.69, 9.17) is 10.5 Å². The third kappa shape index (κ3) is 3.71. The Labute approximate surface area is 117 Å². The minimum absolute atomic E-state index is 0.0497. The van der Waals surface area contributed by atoms with Crippen LogP contribution < -0.4 is 15.8 Å². The van der Waals surface area contributed by atoms with Crippen LogP contribution in [0.1, 0.15) is 17.3 Å². The number of hydrogen-bond acceptors (Lipinski definition) is 4. The zero-order chi connectivity index (χ0) is 14.4. The van der Waals surface area contributed by atoms with Crippen LogP contribution in [0, 0.1) is 0 Å². The number of carbonyl (C=O) groups is 1. The number of hydrogen-bond donors (Lipinski definition) is 2. The van der Waals surface area contributed by atoms with Gasteiger partial charge in [-0.3, -0.25) is 9.78 Å². The van der Waals surface area contributed by atoms with Crippen LogP contribution in [-0.4, -0.2) is 23.5 Å². The summed E-state index contributed by atoms with van der Waals surface area (Å²) in [5, 5.41) is 3.15. The summed E-state index contributed by atoms with van der Waals surface area (Å²) < 4.78 is 5.74. The van der Waals surface area contributed by atoms with Gasteiger partial charge in [0.25, 0.3) is 5.91 Å². The zero-order valence-electron chi connectivity index (χ0n) is 11.2. The monoisotopic (exact) mass is 271 g/mol. The number of amides is 1. The lowest BCUT2D eigenvalue weighted by Gasteiger charge is -2.17. The molecule has 0 aliphatic carbocycles. The maximum atomic E-state index is 11.3. The Morgan fingerprint density at radius 1 is 1.35 bits per heavy atom. The number of pyridine rings is 1. The van der Waals surface area contributed by atoms with Crippen molar-refractivity contribution in [2.45, 2.75) is 13.0 Å². The molecule has 0 spiro atoms. The van der Waals surface area contributed by atoms with Crippen molar-refractivity contribution in [3.63, 3.8) is 0 Å². The van der Waals surface area contributed by atoms with Crippen molar-refractivity contribution in [3.8, 4) is 5.75 Å². The van der Waals surface area contributed by atoms with E-state index >= 15 is 0 Å². The topological polar surface area (TPSA) is 77.2 Å². The number of nitrogens with two attached hydrogens (primary N) is 1. The van der Waals surface area contributed by atoms with E-state index in [2.05, 4.69) is 10.3 Å². The largest absolute Gasteiger partial charge is 0.489 e. The van der Waals surface area contributed by atoms with Crippen LogP contribution in [0.25, 0.3) is 0 Å². The second-order valence-electron chi connectivity index (χ2n) is 4.41. The molecule has 1 amide bonds. The summed E-state index contributed by atoms with van der Waals surface area (Å²) in [6.45, 7) is 2.50. The Bertz CT molecular complexity index is 572. The molecule has 3 N–H and O–H groups in total. The molecule has 0 aliphatic rings. The van der Waals surface area contributed by atoms with Crippen LogP contribution in [0.4, 0.5) is 5.69 Å². The van der Waals surface area contributed by atoms with Crippen LogP contribution >= 0.6 is 0 Å². The maximum Gasteiger partial charge on any atom is 0.252 e. The van der Waals surface area contributed by atoms with Crippen molar-refractivity contribution in [2.24, 2.45) is 5.73 Å². The van der Waals surface area contributed by atoms with Crippen molar-refractivity contribution in [1.82, 2.24) is 4.98 Å². The maximum absolute atomic E-state index is 11.3. The lowest BCUT2D eigenvalue weighted by atomic mass is 10.2. The highest BCUT2D eigenvalue weighted by Gasteiger charge is 2.09. The molecule has 1 atom stereocenters. The summed E-state index contributed by atoms with van der Waals surface area (Å²) in [6, 6.07) is 11.3. The molecular formula is C15H17N3O2. The second-order valence-corrected chi connectivity index (χ2v) is 4.41. The highest BCUT2D eigenvalue weighted by molar-refractivity contribution is 5.98. The lowest BCUT2D eigenvalue weighted by Crippen LogP contribution is -2.24. The fraction of sp³-hybridized carbons (Fsp3) is 0.200. The molecule has 0 fully saturated rings. The first-order chi connectivity index (χ1) is 9.66. The number of primary amides is 1. The third-order valence-corrected chi connectivity index (χ3v) is 2.75. The fourth-order valence-corrected chi connectivity index (χ4v) is 1.77. The molecule has 0 bridgehead atoms. The number of nitrogens with zero attached hydrogens (tertiary/aromatic N) is 1. The van der Waals surface area contributed by atoms with Gasteiger partial charge in [0.2, 0.25) is 0 Å². The molecule has 104 valence electrons. The summed E-state index contributed by atoms with van der Waals surface area (Å²) in [4.78, 5) is 15.2. The van der Waals surface area contributed by atoms with E-state index in [1.54, 1.807) is 12.3 Å². The van der Waals surface area contributed by atoms with Crippen molar-refractivity contribution >= 4 is 11.6 Å². The summed E-state index contributed by atoms with van der Waals surface area (Å²) >= 11 is 0. The first kappa shape index (κ1) is 13.9. The Kier molecular flexibility index (Phi) is 4.55. The SMILES string of the molecule is CC(CNc1ccncc1C(N)=O)Oc1ccccc1. The highest BCUT2D eigenvalue weighted by Crippen LogP contribution is 2.14. The Balaban J connectivity index is 1.94. The van der Waals surface area contributed by atoms with Gasteiger partial charge in [-0.25, -0.2) is 0 Å². The van der Waals surface area contributed by atoms with Gasteiger partial charge in [0, 0.05) is 12.4 Å². The smallest absolute Gasteiger partial charge is 0.252 e. The minimum atomic E-state index is -0.503. The normalized spacial score (nSPS) is 11.7. The van der Waals surface area contributed by atoms with Gasteiger partial charge in [-0.15, -0.1) is 0 Å². The van der Waals surface area contributed by atoms with E-state index in [9.17, 15) is 4.79 Å². The van der Waals surface area contributed by atoms with Gasteiger partial charge in [0.15, 0.2) is 0 Å². The molecule has 0 saturated heterocycles. The number of aromatic nitrogens is 1. The van der Waals surface area contributed by atoms with Gasteiger partial charge in [-0.2, -0.15) is 0 Å². The number of para-hydroxylation sites is 1. The van der Waals surface area contributed by atoms with Crippen LogP contribution in [0.15, 0.2) is 48.8 Å². The minimum Gasteiger partial charge on any atom is -0.489 e. The van der Waals surface area contributed by atoms with E-state index in [0.717, 1.165) is 5.75 Å². The molecule has 5 heteroatoms. The average molecular weight is 271 g/mol. The molecule has 5 nitrogen and oxygen atoms in total. The number of rotatable bonds is 6. The Hall–Kier alpha value is -2.56. The molecule has 0 aliphatic heterocycles. The molecule has 1 unspecified atom stereocenters. The van der Waals surface area contributed by atoms with Crippen molar-refractivity contribution in [1.29, 1.82) is 0 Å². The van der Waals surface area contributed by atoms with E-state index in [1.165, 1.54) is 6.20 Å². The van der Waals surface area contributed by atoms with Crippen LogP contribution in [0.3, 0.4) is 0 Å². The van der Waals surface area contributed by atoms with Gasteiger partial charge in [0.1, 0.15) is 11.9 Å². The standard InChI is InChI=1S/C15H17N3O2/c1-11(20-12-5-3-2-4-6-12)9-18-14-7-8-17-10-13(14)15(16)19/h2-8,10-11H,9H2,1H3,(H2,16,19)(H,17,18). The van der Waals surface area contributed by atoms with E-state index in [-0.39, 0.29) is 6.10 Å². The molecule has 0 saturated carbocycles. The summed E-state index contributed by atoms with van der Waals surface area (Å²) in [5.74, 6) is 0.309. The van der Waals surface area contributed by atoms with Crippen LogP contribution in [0.5, 0.6) is 5.75 Å². The summed E-state index contributed by atoms with van der Waals surface area (Å²) in [6.07, 6.45) is 3.01. The molecule has 2 aromatic rings. The van der Waals surface area contributed by atoms with Crippen molar-refractivity contribution in [3.05, 3.63) is 54.4 Å². The number of ether oxygens (including phenoxy) is 1. The van der Waals surface area contributed by atoms with E-state index in [0.29, 0.717) is 17.8 Å². The molecular weight excluding hydrogens is 254 g/mol. The van der Waals surface area contributed by atoms with Crippen LogP contribution in [-0.2, 0) is 0 Å². The number of carbonyl (C=O) groups excluding carboxylic acids is 1. The number of benzene rings is 1. The predicted octanol–water partition coefficient (Wildman–Crippen LogP) is 2.06. The molecule has 2 rings (SSSR count). The van der Waals surface area contributed by atoms with Gasteiger partial charge >= 0.3 is 0 Å². The van der Waals surface area contributed by atoms with E-state index in [1.807, 2.05) is 37.3 Å². The molecule has 20 heavy (non-hydrogen) atoms. The number of nitrogens with one attached hydrogen (secondary N) is 1. The Morgan fingerprint density at radius 2 is 2.10 bits per heavy atom. The zero-order valence-corrected chi connectivity index (χ0v) is 11.2. The molecule has 1 aromatic heterocycles. The molecule has 0 radical (unpaired) electrons. The van der Waals surface area contributed by atoms with Crippen molar-refractivity contribution < 1.29 is 9.53 Å². The predicted molar refractivity (Wildman–Crippen MR) is 77.8 cm³/mol. The van der Waals surface area contributed by atoms with Crippen molar-refractivity contribution in [2.75, 3.05) is 11.9 Å². The fourth-order valence-electron chi connectivity index (χ4n) is 1.77. The van der Waals surface area contributed by atoms with Gasteiger partial charge in [0.05, 0.1) is 17.8 Å². The summed E-state index contributed by atoms with van der Waals surface area (Å²) in [7, 11) is 0. The average Bonchev–Trinajstić information content (AvgIpc) is 2.46. The third-order valence-electron chi connectivity index (χ3n) is 2.75. The van der Waals surface area contributed by atoms with Gasteiger partial charge in [-0.1, -0.05) is 18.2 Å². The lowest BCUT2D eigenvalue weighted by molar-refractivity contribution is 0.100. The van der Waals surface area contributed by atoms with E-state index < -0.39 is 5.91 Å². The molecule has 1 aromatic carbocycles. The Morgan fingerprint density at radius 3 is 2.80 bits per heavy atom. The first-order valence-corrected chi connectivity index (χ1v) is 6.36. The van der Waals surface area contributed by atoms with Gasteiger partial charge in [-0.05, 0) is 25.1 Å². The second kappa shape index (κ2) is 6.56. The van der Waals surface area contributed by atoms with Crippen LogP contribution in [0.2, 0.25) is 0 Å². The first-order valence-electron chi connectivity index (χ1n) is 6.36.